The molecule has 2 aromatic heterocycles. The Morgan fingerprint density at radius 3 is 2.77 bits per heavy atom. The second-order valence-corrected chi connectivity index (χ2v) is 6.47. The van der Waals surface area contributed by atoms with Crippen LogP contribution in [0.2, 0.25) is 0 Å². The van der Waals surface area contributed by atoms with Crippen LogP contribution in [0.5, 0.6) is 0 Å². The molecule has 0 bridgehead atoms. The van der Waals surface area contributed by atoms with Gasteiger partial charge in [0, 0.05) is 23.9 Å². The van der Waals surface area contributed by atoms with E-state index in [1.807, 2.05) is 6.92 Å². The SMILES string of the molecule is C=C(Br)C(=O)Nc1cccc(-c2nc(CC)nc3[nH]cc(C(=O)O)c23)c1. The molecule has 1 aromatic carbocycles. The number of anilines is 1. The molecular weight excluding hydrogens is 400 g/mol. The van der Waals surface area contributed by atoms with Gasteiger partial charge in [0.15, 0.2) is 0 Å². The van der Waals surface area contributed by atoms with E-state index >= 15 is 0 Å². The van der Waals surface area contributed by atoms with Gasteiger partial charge in [-0.25, -0.2) is 14.8 Å². The van der Waals surface area contributed by atoms with Gasteiger partial charge < -0.3 is 15.4 Å². The van der Waals surface area contributed by atoms with E-state index in [4.69, 9.17) is 0 Å². The monoisotopic (exact) mass is 414 g/mol. The number of rotatable bonds is 5. The van der Waals surface area contributed by atoms with Gasteiger partial charge in [-0.15, -0.1) is 0 Å². The van der Waals surface area contributed by atoms with E-state index in [-0.39, 0.29) is 16.0 Å². The molecule has 0 aliphatic carbocycles. The van der Waals surface area contributed by atoms with Crippen LogP contribution in [0, 0.1) is 0 Å². The molecule has 26 heavy (non-hydrogen) atoms. The van der Waals surface area contributed by atoms with Gasteiger partial charge in [0.05, 0.1) is 21.1 Å². The van der Waals surface area contributed by atoms with Crippen molar-refractivity contribution in [2.75, 3.05) is 5.32 Å². The van der Waals surface area contributed by atoms with Gasteiger partial charge in [0.1, 0.15) is 11.5 Å². The minimum atomic E-state index is -1.06. The third kappa shape index (κ3) is 3.36. The van der Waals surface area contributed by atoms with Crippen molar-refractivity contribution in [3.63, 3.8) is 0 Å². The highest BCUT2D eigenvalue weighted by atomic mass is 79.9. The summed E-state index contributed by atoms with van der Waals surface area (Å²) < 4.78 is 0.208. The normalized spacial score (nSPS) is 10.7. The van der Waals surface area contributed by atoms with Gasteiger partial charge in [-0.1, -0.05) is 25.6 Å². The molecule has 2 heterocycles. The lowest BCUT2D eigenvalue weighted by atomic mass is 10.1. The number of benzene rings is 1. The standard InChI is InChI=1S/C18H15BrN4O3/c1-3-13-22-15(14-12(18(25)26)8-20-16(14)23-13)10-5-4-6-11(7-10)21-17(24)9(2)19/h4-8H,2-3H2,1H3,(H,21,24)(H,25,26)(H,20,22,23). The smallest absolute Gasteiger partial charge is 0.338 e. The average Bonchev–Trinajstić information content (AvgIpc) is 3.05. The van der Waals surface area contributed by atoms with Gasteiger partial charge in [0.2, 0.25) is 0 Å². The summed E-state index contributed by atoms with van der Waals surface area (Å²) in [6, 6.07) is 7.02. The number of nitrogens with zero attached hydrogens (tertiary/aromatic N) is 2. The van der Waals surface area contributed by atoms with Crippen LogP contribution in [-0.4, -0.2) is 31.9 Å². The number of hydrogen-bond acceptors (Lipinski definition) is 4. The zero-order chi connectivity index (χ0) is 18.8. The van der Waals surface area contributed by atoms with Crippen LogP contribution in [0.25, 0.3) is 22.3 Å². The van der Waals surface area contributed by atoms with Crippen molar-refractivity contribution in [2.45, 2.75) is 13.3 Å². The first-order valence-corrected chi connectivity index (χ1v) is 8.57. The molecule has 1 amide bonds. The summed E-state index contributed by atoms with van der Waals surface area (Å²) in [7, 11) is 0. The van der Waals surface area contributed by atoms with Crippen molar-refractivity contribution in [1.29, 1.82) is 0 Å². The lowest BCUT2D eigenvalue weighted by Crippen LogP contribution is -2.10. The Morgan fingerprint density at radius 2 is 2.12 bits per heavy atom. The Balaban J connectivity index is 2.18. The lowest BCUT2D eigenvalue weighted by molar-refractivity contribution is -0.112. The number of carbonyl (C=O) groups is 2. The first-order valence-electron chi connectivity index (χ1n) is 7.78. The number of H-pyrrole nitrogens is 1. The molecule has 0 aliphatic rings. The predicted molar refractivity (Wildman–Crippen MR) is 102 cm³/mol. The Hall–Kier alpha value is -3.00. The summed E-state index contributed by atoms with van der Waals surface area (Å²) in [4.78, 5) is 35.1. The van der Waals surface area contributed by atoms with Crippen molar-refractivity contribution in [1.82, 2.24) is 15.0 Å². The number of fused-ring (bicyclic) bond motifs is 1. The summed E-state index contributed by atoms with van der Waals surface area (Å²) in [6.45, 7) is 5.45. The van der Waals surface area contributed by atoms with Gasteiger partial charge in [-0.3, -0.25) is 4.79 Å². The number of halogens is 1. The number of aromatic carboxylic acids is 1. The third-order valence-corrected chi connectivity index (χ3v) is 4.12. The predicted octanol–water partition coefficient (Wildman–Crippen LogP) is 3.73. The van der Waals surface area contributed by atoms with Crippen molar-refractivity contribution in [2.24, 2.45) is 0 Å². The van der Waals surface area contributed by atoms with Crippen LogP contribution < -0.4 is 5.32 Å². The highest BCUT2D eigenvalue weighted by Crippen LogP contribution is 2.30. The number of carboxylic acids is 1. The molecule has 132 valence electrons. The van der Waals surface area contributed by atoms with Gasteiger partial charge >= 0.3 is 5.97 Å². The molecule has 0 fully saturated rings. The van der Waals surface area contributed by atoms with E-state index in [2.05, 4.69) is 42.8 Å². The maximum atomic E-state index is 11.8. The number of hydrogen-bond donors (Lipinski definition) is 3. The summed E-state index contributed by atoms with van der Waals surface area (Å²) in [6.07, 6.45) is 2.01. The number of carboxylic acid groups (broad SMARTS) is 1. The van der Waals surface area contributed by atoms with Gasteiger partial charge in [-0.2, -0.15) is 0 Å². The fourth-order valence-electron chi connectivity index (χ4n) is 2.56. The molecule has 3 N–H and O–H groups in total. The molecule has 0 radical (unpaired) electrons. The minimum Gasteiger partial charge on any atom is -0.478 e. The fraction of sp³-hybridized carbons (Fsp3) is 0.111. The molecule has 0 spiro atoms. The lowest BCUT2D eigenvalue weighted by Gasteiger charge is -2.09. The number of nitrogens with one attached hydrogen (secondary N) is 2. The van der Waals surface area contributed by atoms with Crippen LogP contribution in [0.1, 0.15) is 23.1 Å². The highest BCUT2D eigenvalue weighted by molar-refractivity contribution is 9.12. The van der Waals surface area contributed by atoms with Crippen LogP contribution in [-0.2, 0) is 11.2 Å². The van der Waals surface area contributed by atoms with Crippen molar-refractivity contribution < 1.29 is 14.7 Å². The maximum Gasteiger partial charge on any atom is 0.338 e. The van der Waals surface area contributed by atoms with E-state index < -0.39 is 5.97 Å². The molecule has 0 saturated heterocycles. The van der Waals surface area contributed by atoms with Crippen LogP contribution in [0.4, 0.5) is 5.69 Å². The van der Waals surface area contributed by atoms with Crippen LogP contribution >= 0.6 is 15.9 Å². The zero-order valence-corrected chi connectivity index (χ0v) is 15.4. The first kappa shape index (κ1) is 17.8. The quantitative estimate of drug-likeness (QED) is 0.551. The Bertz CT molecular complexity index is 1040. The zero-order valence-electron chi connectivity index (χ0n) is 13.8. The molecule has 0 unspecified atom stereocenters. The molecule has 7 nitrogen and oxygen atoms in total. The molecule has 0 aliphatic heterocycles. The Morgan fingerprint density at radius 1 is 1.35 bits per heavy atom. The number of aromatic nitrogens is 3. The summed E-state index contributed by atoms with van der Waals surface area (Å²) in [5, 5.41) is 12.6. The van der Waals surface area contributed by atoms with E-state index in [0.717, 1.165) is 0 Å². The van der Waals surface area contributed by atoms with E-state index in [0.29, 0.717) is 40.2 Å². The molecule has 0 saturated carbocycles. The second kappa shape index (κ2) is 7.09. The second-order valence-electron chi connectivity index (χ2n) is 5.51. The van der Waals surface area contributed by atoms with E-state index in [1.54, 1.807) is 24.3 Å². The van der Waals surface area contributed by atoms with Crippen molar-refractivity contribution >= 4 is 44.5 Å². The number of aromatic amines is 1. The summed E-state index contributed by atoms with van der Waals surface area (Å²) >= 11 is 3.04. The van der Waals surface area contributed by atoms with Crippen molar-refractivity contribution in [3.05, 3.63) is 52.9 Å². The van der Waals surface area contributed by atoms with Gasteiger partial charge in [0.25, 0.3) is 5.91 Å². The number of carbonyl (C=O) groups excluding carboxylic acids is 1. The molecule has 3 rings (SSSR count). The van der Waals surface area contributed by atoms with Crippen molar-refractivity contribution in [3.8, 4) is 11.3 Å². The van der Waals surface area contributed by atoms with Crippen LogP contribution in [0.3, 0.4) is 0 Å². The topological polar surface area (TPSA) is 108 Å². The first-order chi connectivity index (χ1) is 12.4. The summed E-state index contributed by atoms with van der Waals surface area (Å²) in [5.41, 5.74) is 2.28. The largest absolute Gasteiger partial charge is 0.478 e. The Kier molecular flexibility index (Phi) is 4.85. The molecule has 0 atom stereocenters. The average molecular weight is 415 g/mol. The third-order valence-electron chi connectivity index (χ3n) is 3.76. The molecule has 3 aromatic rings. The number of amides is 1. The highest BCUT2D eigenvalue weighted by Gasteiger charge is 2.19. The Labute approximate surface area is 157 Å². The van der Waals surface area contributed by atoms with E-state index in [9.17, 15) is 14.7 Å². The number of aryl methyl sites for hydroxylation is 1. The van der Waals surface area contributed by atoms with E-state index in [1.165, 1.54) is 6.20 Å². The maximum absolute atomic E-state index is 11.8. The fourth-order valence-corrected chi connectivity index (χ4v) is 2.66. The minimum absolute atomic E-state index is 0.0981. The molecule has 8 heteroatoms. The molecular formula is C18H15BrN4O3. The van der Waals surface area contributed by atoms with Gasteiger partial charge in [-0.05, 0) is 28.1 Å². The summed E-state index contributed by atoms with van der Waals surface area (Å²) in [5.74, 6) is -0.836. The van der Waals surface area contributed by atoms with Crippen LogP contribution in [0.15, 0.2) is 41.5 Å².